The SMILES string of the molecule is CCCS(=O)(=O)NCCN(CCc1ccc(OC)cc1)C(C)=O. The van der Waals surface area contributed by atoms with E-state index >= 15 is 0 Å². The van der Waals surface area contributed by atoms with Crippen LogP contribution in [0.5, 0.6) is 5.75 Å². The lowest BCUT2D eigenvalue weighted by Crippen LogP contribution is -2.39. The van der Waals surface area contributed by atoms with Crippen LogP contribution in [0.15, 0.2) is 24.3 Å². The van der Waals surface area contributed by atoms with Gasteiger partial charge in [0.2, 0.25) is 15.9 Å². The normalized spacial score (nSPS) is 11.3. The molecule has 23 heavy (non-hydrogen) atoms. The van der Waals surface area contributed by atoms with Gasteiger partial charge in [-0.15, -0.1) is 0 Å². The zero-order chi connectivity index (χ0) is 17.3. The molecule has 130 valence electrons. The maximum absolute atomic E-state index is 11.7. The number of benzene rings is 1. The van der Waals surface area contributed by atoms with Gasteiger partial charge < -0.3 is 9.64 Å². The van der Waals surface area contributed by atoms with Gasteiger partial charge in [-0.25, -0.2) is 13.1 Å². The molecule has 0 saturated heterocycles. The Labute approximate surface area is 138 Å². The summed E-state index contributed by atoms with van der Waals surface area (Å²) < 4.78 is 30.8. The fraction of sp³-hybridized carbons (Fsp3) is 0.562. The number of methoxy groups -OCH3 is 1. The van der Waals surface area contributed by atoms with Crippen molar-refractivity contribution in [3.63, 3.8) is 0 Å². The third kappa shape index (κ3) is 7.47. The van der Waals surface area contributed by atoms with Crippen molar-refractivity contribution in [3.05, 3.63) is 29.8 Å². The summed E-state index contributed by atoms with van der Waals surface area (Å²) in [6.07, 6.45) is 1.29. The highest BCUT2D eigenvalue weighted by Crippen LogP contribution is 2.12. The van der Waals surface area contributed by atoms with Gasteiger partial charge >= 0.3 is 0 Å². The fourth-order valence-electron chi connectivity index (χ4n) is 2.16. The average molecular weight is 342 g/mol. The Morgan fingerprint density at radius 2 is 1.87 bits per heavy atom. The molecule has 7 heteroatoms. The number of carbonyl (C=O) groups is 1. The highest BCUT2D eigenvalue weighted by atomic mass is 32.2. The van der Waals surface area contributed by atoms with Crippen molar-refractivity contribution in [2.24, 2.45) is 0 Å². The maximum atomic E-state index is 11.7. The number of ether oxygens (including phenoxy) is 1. The lowest BCUT2D eigenvalue weighted by Gasteiger charge is -2.21. The molecule has 1 aromatic carbocycles. The van der Waals surface area contributed by atoms with Gasteiger partial charge in [0, 0.05) is 26.6 Å². The molecule has 0 radical (unpaired) electrons. The van der Waals surface area contributed by atoms with Crippen LogP contribution in [0.25, 0.3) is 0 Å². The lowest BCUT2D eigenvalue weighted by atomic mass is 10.1. The minimum Gasteiger partial charge on any atom is -0.497 e. The molecule has 0 aliphatic heterocycles. The zero-order valence-electron chi connectivity index (χ0n) is 14.0. The molecule has 1 N–H and O–H groups in total. The third-order valence-corrected chi connectivity index (χ3v) is 5.04. The van der Waals surface area contributed by atoms with Crippen LogP contribution in [0.1, 0.15) is 25.8 Å². The Morgan fingerprint density at radius 1 is 1.22 bits per heavy atom. The number of hydrogen-bond acceptors (Lipinski definition) is 4. The van der Waals surface area contributed by atoms with Gasteiger partial charge in [0.05, 0.1) is 12.9 Å². The molecule has 0 saturated carbocycles. The Hall–Kier alpha value is -1.60. The van der Waals surface area contributed by atoms with Crippen LogP contribution in [-0.2, 0) is 21.2 Å². The predicted octanol–water partition coefficient (Wildman–Crippen LogP) is 1.42. The molecule has 0 unspecified atom stereocenters. The summed E-state index contributed by atoms with van der Waals surface area (Å²) in [6.45, 7) is 4.47. The van der Waals surface area contributed by atoms with Gasteiger partial charge in [0.1, 0.15) is 5.75 Å². The first-order valence-corrected chi connectivity index (χ1v) is 9.39. The standard InChI is InChI=1S/C16H26N2O4S/c1-4-13-23(20,21)17-10-12-18(14(2)19)11-9-15-5-7-16(22-3)8-6-15/h5-8,17H,4,9-13H2,1-3H3. The fourth-order valence-corrected chi connectivity index (χ4v) is 3.24. The van der Waals surface area contributed by atoms with Gasteiger partial charge in [-0.2, -0.15) is 0 Å². The van der Waals surface area contributed by atoms with Crippen molar-refractivity contribution >= 4 is 15.9 Å². The van der Waals surface area contributed by atoms with Gasteiger partial charge in [0.15, 0.2) is 0 Å². The van der Waals surface area contributed by atoms with E-state index < -0.39 is 10.0 Å². The van der Waals surface area contributed by atoms with Crippen molar-refractivity contribution in [1.29, 1.82) is 0 Å². The number of hydrogen-bond donors (Lipinski definition) is 1. The third-order valence-electron chi connectivity index (χ3n) is 3.45. The van der Waals surface area contributed by atoms with E-state index in [1.807, 2.05) is 31.2 Å². The second-order valence-electron chi connectivity index (χ2n) is 5.32. The highest BCUT2D eigenvalue weighted by Gasteiger charge is 2.12. The van der Waals surface area contributed by atoms with Crippen molar-refractivity contribution in [2.45, 2.75) is 26.7 Å². The summed E-state index contributed by atoms with van der Waals surface area (Å²) in [7, 11) is -1.61. The predicted molar refractivity (Wildman–Crippen MR) is 91.0 cm³/mol. The van der Waals surface area contributed by atoms with Crippen LogP contribution >= 0.6 is 0 Å². The molecule has 0 fully saturated rings. The van der Waals surface area contributed by atoms with Crippen molar-refractivity contribution < 1.29 is 17.9 Å². The molecule has 0 aliphatic carbocycles. The molecule has 0 aliphatic rings. The smallest absolute Gasteiger partial charge is 0.219 e. The quantitative estimate of drug-likeness (QED) is 0.698. The number of rotatable bonds is 10. The van der Waals surface area contributed by atoms with E-state index in [2.05, 4.69) is 4.72 Å². The van der Waals surface area contributed by atoms with E-state index in [4.69, 9.17) is 4.74 Å². The summed E-state index contributed by atoms with van der Waals surface area (Å²) in [6, 6.07) is 7.68. The van der Waals surface area contributed by atoms with Crippen LogP contribution in [0.3, 0.4) is 0 Å². The summed E-state index contributed by atoms with van der Waals surface area (Å²) in [5, 5.41) is 0. The van der Waals surface area contributed by atoms with Gasteiger partial charge in [0.25, 0.3) is 0 Å². The lowest BCUT2D eigenvalue weighted by molar-refractivity contribution is -0.128. The average Bonchev–Trinajstić information content (AvgIpc) is 2.50. The molecule has 0 atom stereocenters. The first-order chi connectivity index (χ1) is 10.9. The number of nitrogens with zero attached hydrogens (tertiary/aromatic N) is 1. The van der Waals surface area contributed by atoms with Crippen molar-refractivity contribution in [2.75, 3.05) is 32.5 Å². The molecule has 0 heterocycles. The number of carbonyl (C=O) groups excluding carboxylic acids is 1. The first kappa shape index (κ1) is 19.4. The summed E-state index contributed by atoms with van der Waals surface area (Å²) in [4.78, 5) is 13.3. The van der Waals surface area contributed by atoms with E-state index in [1.54, 1.807) is 12.0 Å². The maximum Gasteiger partial charge on any atom is 0.219 e. The number of amides is 1. The Morgan fingerprint density at radius 3 is 2.39 bits per heavy atom. The van der Waals surface area contributed by atoms with E-state index in [0.29, 0.717) is 25.9 Å². The molecule has 0 aromatic heterocycles. The summed E-state index contributed by atoms with van der Waals surface area (Å²) in [5.41, 5.74) is 1.10. The second kappa shape index (κ2) is 9.52. The van der Waals surface area contributed by atoms with Crippen LogP contribution in [0.2, 0.25) is 0 Å². The van der Waals surface area contributed by atoms with E-state index in [1.165, 1.54) is 6.92 Å². The van der Waals surface area contributed by atoms with Crippen LogP contribution in [0, 0.1) is 0 Å². The number of sulfonamides is 1. The Balaban J connectivity index is 2.47. The van der Waals surface area contributed by atoms with Crippen LogP contribution in [0.4, 0.5) is 0 Å². The first-order valence-electron chi connectivity index (χ1n) is 7.73. The molecular weight excluding hydrogens is 316 g/mol. The molecule has 1 aromatic rings. The Kier molecular flexibility index (Phi) is 8.05. The highest BCUT2D eigenvalue weighted by molar-refractivity contribution is 7.89. The largest absolute Gasteiger partial charge is 0.497 e. The topological polar surface area (TPSA) is 75.7 Å². The monoisotopic (exact) mass is 342 g/mol. The number of nitrogens with one attached hydrogen (secondary N) is 1. The van der Waals surface area contributed by atoms with Crippen molar-refractivity contribution in [1.82, 2.24) is 9.62 Å². The minimum atomic E-state index is -3.23. The summed E-state index contributed by atoms with van der Waals surface area (Å²) >= 11 is 0. The molecule has 1 rings (SSSR count). The van der Waals surface area contributed by atoms with E-state index in [9.17, 15) is 13.2 Å². The van der Waals surface area contributed by atoms with E-state index in [-0.39, 0.29) is 18.2 Å². The minimum absolute atomic E-state index is 0.0619. The molecule has 1 amide bonds. The molecule has 6 nitrogen and oxygen atoms in total. The van der Waals surface area contributed by atoms with Gasteiger partial charge in [-0.1, -0.05) is 19.1 Å². The molecule has 0 bridgehead atoms. The second-order valence-corrected chi connectivity index (χ2v) is 7.24. The van der Waals surface area contributed by atoms with E-state index in [0.717, 1.165) is 11.3 Å². The van der Waals surface area contributed by atoms with Crippen molar-refractivity contribution in [3.8, 4) is 5.75 Å². The van der Waals surface area contributed by atoms with Gasteiger partial charge in [-0.05, 0) is 30.5 Å². The summed E-state index contributed by atoms with van der Waals surface area (Å²) in [5.74, 6) is 0.842. The molecular formula is C16H26N2O4S. The Bertz CT molecular complexity index is 585. The van der Waals surface area contributed by atoms with Crippen LogP contribution < -0.4 is 9.46 Å². The molecule has 0 spiro atoms. The van der Waals surface area contributed by atoms with Crippen LogP contribution in [-0.4, -0.2) is 51.7 Å². The zero-order valence-corrected chi connectivity index (χ0v) is 14.9. The van der Waals surface area contributed by atoms with Gasteiger partial charge in [-0.3, -0.25) is 4.79 Å².